The van der Waals surface area contributed by atoms with Crippen molar-refractivity contribution in [3.8, 4) is 28.7 Å². The number of benzene rings is 6. The molecule has 0 atom stereocenters. The number of fused-ring (bicyclic) bond motifs is 2. The number of nitrogen functional groups attached to an aromatic ring is 1. The number of oxazole rings is 2. The number of hydrogen-bond acceptors (Lipinski definition) is 15. The summed E-state index contributed by atoms with van der Waals surface area (Å²) in [5, 5.41) is 24.4. The van der Waals surface area contributed by atoms with Gasteiger partial charge in [-0.25, -0.2) is 25.5 Å². The first-order chi connectivity index (χ1) is 32.1. The van der Waals surface area contributed by atoms with Gasteiger partial charge in [-0.1, -0.05) is 108 Å². The second-order valence-electron chi connectivity index (χ2n) is 12.0. The van der Waals surface area contributed by atoms with Crippen LogP contribution < -0.4 is 63.0 Å². The van der Waals surface area contributed by atoms with Gasteiger partial charge < -0.3 is 40.9 Å². The number of aromatic hydroxyl groups is 1. The van der Waals surface area contributed by atoms with Gasteiger partial charge >= 0.3 is 63.3 Å². The van der Waals surface area contributed by atoms with E-state index in [1.807, 2.05) is 120 Å². The summed E-state index contributed by atoms with van der Waals surface area (Å²) < 4.78 is 20.4. The number of aromatic nitrogens is 2. The molecule has 0 saturated carbocycles. The van der Waals surface area contributed by atoms with Crippen LogP contribution in [0.4, 0.5) is 5.69 Å². The number of Topliss-reactive ketones (excluding diaryl/α,β-unsaturated/α-hetero) is 1. The third kappa shape index (κ3) is 19.6. The molecule has 0 unspecified atom stereocenters. The molecule has 0 bridgehead atoms. The van der Waals surface area contributed by atoms with E-state index in [1.54, 1.807) is 48.5 Å². The fourth-order valence-electron chi connectivity index (χ4n) is 5.10. The second-order valence-corrected chi connectivity index (χ2v) is 12.0. The van der Waals surface area contributed by atoms with Crippen molar-refractivity contribution in [2.24, 2.45) is 5.90 Å². The molecular weight excluding hydrogens is 884 g/mol. The number of carbonyl (C=O) groups excluding carboxylic acids is 4. The molecule has 8 rings (SSSR count). The van der Waals surface area contributed by atoms with Crippen molar-refractivity contribution in [1.82, 2.24) is 9.97 Å². The van der Waals surface area contributed by atoms with Gasteiger partial charge in [0.05, 0.1) is 31.0 Å². The minimum absolute atomic E-state index is 0. The standard InChI is InChI=1S/2C15H11NO3.C8H9NO3.C7H6O.3C2H6.K.H3NO.H/c1-18-15(17)11-7-8-13-12(9-11)16-14(19-13)10-5-3-2-4-6-10;17-9-13(18)11-6-7-14-12(8-11)16-15(19-14)10-4-2-1-3-5-10;1-12-8(11)5-2-3-7(10)6(9)4-5;8-6-7-4-2-1-3-5-7;3*1-2;;1-2;/h2-9H,1H3;1-8,17H,9H2;2-4,10H,9H2,1H3;1-6H;3*1-2H3;;2H,1H2;/q;;;;;;;+1;;-1. The Morgan fingerprint density at radius 3 is 1.34 bits per heavy atom. The average molecular weight is 943 g/mol. The van der Waals surface area contributed by atoms with E-state index in [9.17, 15) is 19.2 Å². The van der Waals surface area contributed by atoms with Gasteiger partial charge in [0.15, 0.2) is 16.9 Å². The number of aliphatic hydroxyl groups excluding tert-OH is 1. The maximum absolute atomic E-state index is 11.5. The van der Waals surface area contributed by atoms with Crippen molar-refractivity contribution < 1.29 is 106 Å². The molecule has 15 nitrogen and oxygen atoms in total. The number of methoxy groups -OCH3 is 2. The van der Waals surface area contributed by atoms with Crippen molar-refractivity contribution in [3.05, 3.63) is 168 Å². The number of ketones is 1. The van der Waals surface area contributed by atoms with Gasteiger partial charge in [-0.3, -0.25) is 9.59 Å². The molecule has 2 heterocycles. The van der Waals surface area contributed by atoms with Gasteiger partial charge in [-0.15, -0.1) is 0 Å². The molecule has 7 N–H and O–H groups in total. The number of hydrogen-bond donors (Lipinski definition) is 5. The summed E-state index contributed by atoms with van der Waals surface area (Å²) in [6, 6.07) is 42.4. The number of nitrogens with zero attached hydrogens (tertiary/aromatic N) is 2. The van der Waals surface area contributed by atoms with Gasteiger partial charge in [0.2, 0.25) is 11.8 Å². The number of anilines is 1. The maximum Gasteiger partial charge on any atom is 1.00 e. The molecule has 6 aromatic carbocycles. The summed E-state index contributed by atoms with van der Waals surface area (Å²) >= 11 is 0. The Bertz CT molecular complexity index is 2520. The Balaban J connectivity index is 0. The van der Waals surface area contributed by atoms with E-state index in [0.717, 1.165) is 23.0 Å². The predicted molar refractivity (Wildman–Crippen MR) is 258 cm³/mol. The molecule has 67 heavy (non-hydrogen) atoms. The number of nitrogens with two attached hydrogens (primary N) is 2. The zero-order chi connectivity index (χ0) is 49.4. The summed E-state index contributed by atoms with van der Waals surface area (Å²) in [5.74, 6) is 3.34. The van der Waals surface area contributed by atoms with Gasteiger partial charge in [0.25, 0.3) is 0 Å². The summed E-state index contributed by atoms with van der Waals surface area (Å²) in [6.07, 6.45) is 0.833. The van der Waals surface area contributed by atoms with E-state index in [-0.39, 0.29) is 76.0 Å². The molecular formula is C51H59KN4O11. The molecule has 0 saturated heterocycles. The minimum atomic E-state index is -0.505. The van der Waals surface area contributed by atoms with E-state index >= 15 is 0 Å². The third-order valence-electron chi connectivity index (χ3n) is 8.09. The molecule has 350 valence electrons. The molecule has 0 aliphatic carbocycles. The summed E-state index contributed by atoms with van der Waals surface area (Å²) in [7, 11) is 2.64. The largest absolute Gasteiger partial charge is 1.00 e. The van der Waals surface area contributed by atoms with Crippen LogP contribution in [0.5, 0.6) is 5.75 Å². The van der Waals surface area contributed by atoms with Crippen LogP contribution in [0.2, 0.25) is 0 Å². The predicted octanol–water partition coefficient (Wildman–Crippen LogP) is 7.74. The van der Waals surface area contributed by atoms with E-state index in [2.05, 4.69) is 25.3 Å². The van der Waals surface area contributed by atoms with Crippen LogP contribution in [0.1, 0.15) is 84.4 Å². The molecule has 0 amide bonds. The number of ether oxygens (including phenoxy) is 2. The Morgan fingerprint density at radius 2 is 0.970 bits per heavy atom. The van der Waals surface area contributed by atoms with E-state index in [0.29, 0.717) is 50.7 Å². The van der Waals surface area contributed by atoms with Crippen LogP contribution in [0.3, 0.4) is 0 Å². The Morgan fingerprint density at radius 1 is 0.597 bits per heavy atom. The zero-order valence-electron chi connectivity index (χ0n) is 40.3. The molecule has 0 aliphatic heterocycles. The fraction of sp³-hybridized carbons (Fsp3) is 0.176. The first-order valence-electron chi connectivity index (χ1n) is 20.7. The minimum Gasteiger partial charge on any atom is -1.00 e. The van der Waals surface area contributed by atoms with Crippen LogP contribution in [0.15, 0.2) is 154 Å². The van der Waals surface area contributed by atoms with E-state index in [4.69, 9.17) is 30.0 Å². The Hall–Kier alpha value is -6.34. The number of phenols is 1. The topological polar surface area (TPSA) is 252 Å². The van der Waals surface area contributed by atoms with Gasteiger partial charge in [-0.05, 0) is 78.9 Å². The summed E-state index contributed by atoms with van der Waals surface area (Å²) in [4.78, 5) is 52.5. The fourth-order valence-corrected chi connectivity index (χ4v) is 5.10. The first-order valence-corrected chi connectivity index (χ1v) is 20.7. The molecule has 16 heteroatoms. The zero-order valence-corrected chi connectivity index (χ0v) is 42.4. The number of esters is 2. The van der Waals surface area contributed by atoms with E-state index in [1.165, 1.54) is 32.4 Å². The normalized spacial score (nSPS) is 9.12. The number of rotatable bonds is 7. The maximum atomic E-state index is 11.5. The van der Waals surface area contributed by atoms with Gasteiger partial charge in [0.1, 0.15) is 29.7 Å². The molecule has 0 fully saturated rings. The van der Waals surface area contributed by atoms with Crippen LogP contribution in [0, 0.1) is 0 Å². The smallest absolute Gasteiger partial charge is 1.00 e. The summed E-state index contributed by atoms with van der Waals surface area (Å²) in [5.41, 5.74) is 11.8. The van der Waals surface area contributed by atoms with Crippen LogP contribution in [0.25, 0.3) is 45.1 Å². The van der Waals surface area contributed by atoms with Crippen molar-refractivity contribution in [1.29, 1.82) is 0 Å². The number of carbonyl (C=O) groups is 4. The number of aldehydes is 1. The Kier molecular flexibility index (Phi) is 31.6. The SMILES string of the molecule is CC.CC.CC.COC(=O)c1ccc(O)c(N)c1.COC(=O)c1ccc2oc(-c3ccccc3)nc2c1.NO.O=C(CO)c1ccc2oc(-c3ccccc3)nc2c1.O=Cc1ccccc1.[H-].[K+]. The molecule has 2 aromatic heterocycles. The van der Waals surface area contributed by atoms with Crippen LogP contribution in [-0.4, -0.2) is 70.2 Å². The average Bonchev–Trinajstić information content (AvgIpc) is 4.05. The second kappa shape index (κ2) is 34.9. The first kappa shape index (κ1) is 60.7. The van der Waals surface area contributed by atoms with Crippen LogP contribution >= 0.6 is 0 Å². The third-order valence-corrected chi connectivity index (χ3v) is 8.09. The molecule has 0 spiro atoms. The van der Waals surface area contributed by atoms with Gasteiger partial charge in [0, 0.05) is 22.3 Å². The van der Waals surface area contributed by atoms with Gasteiger partial charge in [-0.2, -0.15) is 0 Å². The molecule has 0 aliphatic rings. The number of phenolic OH excluding ortho intramolecular Hbond substituents is 1. The Labute approximate surface area is 434 Å². The monoisotopic (exact) mass is 942 g/mol. The molecule has 0 radical (unpaired) electrons. The van der Waals surface area contributed by atoms with Crippen molar-refractivity contribution in [2.45, 2.75) is 41.5 Å². The van der Waals surface area contributed by atoms with E-state index < -0.39 is 12.6 Å². The summed E-state index contributed by atoms with van der Waals surface area (Å²) in [6.45, 7) is 11.5. The van der Waals surface area contributed by atoms with Crippen LogP contribution in [-0.2, 0) is 9.47 Å². The number of aliphatic hydroxyl groups is 1. The van der Waals surface area contributed by atoms with Crippen molar-refractivity contribution >= 4 is 51.9 Å². The van der Waals surface area contributed by atoms with Crippen molar-refractivity contribution in [2.75, 3.05) is 26.6 Å². The van der Waals surface area contributed by atoms with Crippen molar-refractivity contribution in [3.63, 3.8) is 0 Å². The molecule has 8 aromatic rings. The quantitative estimate of drug-likeness (QED) is 0.0195.